The van der Waals surface area contributed by atoms with Gasteiger partial charge in [0.1, 0.15) is 10.6 Å². The maximum atomic E-state index is 13.3. The van der Waals surface area contributed by atoms with Crippen molar-refractivity contribution in [2.45, 2.75) is 23.8 Å². The topological polar surface area (TPSA) is 59.1 Å². The maximum Gasteiger partial charge on any atom is 0.247 e. The van der Waals surface area contributed by atoms with Crippen LogP contribution in [0.15, 0.2) is 23.1 Å². The van der Waals surface area contributed by atoms with Gasteiger partial charge >= 0.3 is 0 Å². The summed E-state index contributed by atoms with van der Waals surface area (Å²) in [5, 5.41) is 0.369. The zero-order valence-corrected chi connectivity index (χ0v) is 15.9. The lowest BCUT2D eigenvalue weighted by molar-refractivity contribution is 0.0572. The van der Waals surface area contributed by atoms with E-state index in [2.05, 4.69) is 0 Å². The van der Waals surface area contributed by atoms with E-state index in [0.29, 0.717) is 49.9 Å². The third-order valence-electron chi connectivity index (χ3n) is 4.08. The molecule has 0 unspecified atom stereocenters. The fraction of sp³-hybridized carbons (Fsp3) is 0.625. The van der Waals surface area contributed by atoms with E-state index >= 15 is 0 Å². The summed E-state index contributed by atoms with van der Waals surface area (Å²) in [7, 11) is 1.59. The smallest absolute Gasteiger partial charge is 0.247 e. The highest BCUT2D eigenvalue weighted by Crippen LogP contribution is 2.32. The number of ether oxygens (including phenoxy) is 2. The minimum Gasteiger partial charge on any atom is -0.495 e. The quantitative estimate of drug-likeness (QED) is 0.729. The summed E-state index contributed by atoms with van der Waals surface area (Å²) in [4.78, 5) is 2.08. The van der Waals surface area contributed by atoms with Gasteiger partial charge in [0.2, 0.25) is 10.0 Å². The van der Waals surface area contributed by atoms with Crippen molar-refractivity contribution < 1.29 is 17.9 Å². The number of rotatable bonds is 7. The van der Waals surface area contributed by atoms with Crippen molar-refractivity contribution in [2.24, 2.45) is 0 Å². The Morgan fingerprint density at radius 1 is 1.25 bits per heavy atom. The Morgan fingerprint density at radius 3 is 2.50 bits per heavy atom. The first-order chi connectivity index (χ1) is 11.4. The Kier molecular flexibility index (Phi) is 6.88. The predicted molar refractivity (Wildman–Crippen MR) is 94.3 cm³/mol. The molecule has 0 bridgehead atoms. The van der Waals surface area contributed by atoms with Crippen LogP contribution in [0.1, 0.15) is 12.8 Å². The molecule has 1 aromatic rings. The Labute approximate surface area is 149 Å². The standard InChI is InChI=1S/C16H25ClN2O4S/c1-18(2)8-9-19(14-6-10-23-11-7-14)24(20,21)16-12-13(17)4-5-15(16)22-3/h4-5,12,14H,6-11H2,1-3H3. The van der Waals surface area contributed by atoms with Gasteiger partial charge in [-0.25, -0.2) is 8.42 Å². The summed E-state index contributed by atoms with van der Waals surface area (Å²) in [6.45, 7) is 2.20. The summed E-state index contributed by atoms with van der Waals surface area (Å²) in [6.07, 6.45) is 1.38. The van der Waals surface area contributed by atoms with E-state index in [1.54, 1.807) is 16.4 Å². The van der Waals surface area contributed by atoms with Crippen molar-refractivity contribution in [3.63, 3.8) is 0 Å². The molecule has 2 rings (SSSR count). The molecule has 6 nitrogen and oxygen atoms in total. The van der Waals surface area contributed by atoms with Gasteiger partial charge < -0.3 is 14.4 Å². The van der Waals surface area contributed by atoms with Crippen molar-refractivity contribution in [1.29, 1.82) is 0 Å². The molecule has 0 radical (unpaired) electrons. The number of halogens is 1. The Hall–Kier alpha value is -0.860. The van der Waals surface area contributed by atoms with Crippen LogP contribution in [-0.2, 0) is 14.8 Å². The molecule has 1 heterocycles. The largest absolute Gasteiger partial charge is 0.495 e. The Balaban J connectivity index is 2.40. The molecular weight excluding hydrogens is 352 g/mol. The minimum atomic E-state index is -3.72. The summed E-state index contributed by atoms with van der Waals surface area (Å²) in [5.74, 6) is 0.307. The van der Waals surface area contributed by atoms with E-state index in [1.807, 2.05) is 19.0 Å². The second-order valence-electron chi connectivity index (χ2n) is 6.06. The van der Waals surface area contributed by atoms with Gasteiger partial charge in [-0.3, -0.25) is 0 Å². The van der Waals surface area contributed by atoms with Gasteiger partial charge in [0.15, 0.2) is 0 Å². The lowest BCUT2D eigenvalue weighted by Gasteiger charge is -2.34. The van der Waals surface area contributed by atoms with Crippen LogP contribution in [0, 0.1) is 0 Å². The number of benzene rings is 1. The molecule has 24 heavy (non-hydrogen) atoms. The summed E-state index contributed by atoms with van der Waals surface area (Å²) in [5.41, 5.74) is 0. The monoisotopic (exact) mass is 376 g/mol. The number of methoxy groups -OCH3 is 1. The summed E-state index contributed by atoms with van der Waals surface area (Å²) >= 11 is 6.03. The Morgan fingerprint density at radius 2 is 1.92 bits per heavy atom. The van der Waals surface area contributed by atoms with Crippen molar-refractivity contribution >= 4 is 21.6 Å². The molecule has 0 aliphatic carbocycles. The number of nitrogens with zero attached hydrogens (tertiary/aromatic N) is 2. The van der Waals surface area contributed by atoms with E-state index in [-0.39, 0.29) is 10.9 Å². The van der Waals surface area contributed by atoms with Crippen molar-refractivity contribution in [1.82, 2.24) is 9.21 Å². The molecule has 1 aliphatic heterocycles. The van der Waals surface area contributed by atoms with Crippen LogP contribution in [-0.4, -0.2) is 71.2 Å². The lowest BCUT2D eigenvalue weighted by atomic mass is 10.1. The normalized spacial score (nSPS) is 16.8. The average molecular weight is 377 g/mol. The van der Waals surface area contributed by atoms with Crippen molar-refractivity contribution in [3.8, 4) is 5.75 Å². The molecule has 1 aromatic carbocycles. The van der Waals surface area contributed by atoms with E-state index in [4.69, 9.17) is 21.1 Å². The molecule has 0 N–H and O–H groups in total. The van der Waals surface area contributed by atoms with Gasteiger partial charge in [0.05, 0.1) is 7.11 Å². The first kappa shape index (κ1) is 19.5. The zero-order chi connectivity index (χ0) is 17.7. The fourth-order valence-corrected chi connectivity index (χ4v) is 4.85. The Bertz CT molecular complexity index is 645. The molecule has 0 atom stereocenters. The molecular formula is C16H25ClN2O4S. The van der Waals surface area contributed by atoms with E-state index < -0.39 is 10.0 Å². The first-order valence-corrected chi connectivity index (χ1v) is 9.76. The van der Waals surface area contributed by atoms with Gasteiger partial charge in [0.25, 0.3) is 0 Å². The SMILES string of the molecule is COc1ccc(Cl)cc1S(=O)(=O)N(CCN(C)C)C1CCOCC1. The fourth-order valence-electron chi connectivity index (χ4n) is 2.75. The van der Waals surface area contributed by atoms with Crippen LogP contribution < -0.4 is 4.74 Å². The van der Waals surface area contributed by atoms with E-state index in [9.17, 15) is 8.42 Å². The third kappa shape index (κ3) is 4.61. The predicted octanol–water partition coefficient (Wildman–Crippen LogP) is 2.08. The van der Waals surface area contributed by atoms with E-state index in [0.717, 1.165) is 0 Å². The third-order valence-corrected chi connectivity index (χ3v) is 6.29. The summed E-state index contributed by atoms with van der Waals surface area (Å²) in [6, 6.07) is 4.59. The van der Waals surface area contributed by atoms with Gasteiger partial charge in [0, 0.05) is 37.4 Å². The second kappa shape index (κ2) is 8.49. The van der Waals surface area contributed by atoms with Crippen LogP contribution in [0.3, 0.4) is 0 Å². The van der Waals surface area contributed by atoms with Gasteiger partial charge in [-0.05, 0) is 45.1 Å². The first-order valence-electron chi connectivity index (χ1n) is 7.94. The average Bonchev–Trinajstić information content (AvgIpc) is 2.55. The van der Waals surface area contributed by atoms with E-state index in [1.165, 1.54) is 13.2 Å². The zero-order valence-electron chi connectivity index (χ0n) is 14.4. The second-order valence-corrected chi connectivity index (χ2v) is 8.35. The highest BCUT2D eigenvalue weighted by Gasteiger charge is 2.34. The molecule has 0 saturated carbocycles. The molecule has 8 heteroatoms. The molecule has 0 aromatic heterocycles. The lowest BCUT2D eigenvalue weighted by Crippen LogP contribution is -2.46. The van der Waals surface area contributed by atoms with Gasteiger partial charge in [-0.15, -0.1) is 0 Å². The van der Waals surface area contributed by atoms with Crippen LogP contribution in [0.25, 0.3) is 0 Å². The molecule has 0 spiro atoms. The number of hydrogen-bond donors (Lipinski definition) is 0. The highest BCUT2D eigenvalue weighted by atomic mass is 35.5. The van der Waals surface area contributed by atoms with Crippen molar-refractivity contribution in [3.05, 3.63) is 23.2 Å². The maximum absolute atomic E-state index is 13.3. The number of sulfonamides is 1. The number of hydrogen-bond acceptors (Lipinski definition) is 5. The molecule has 1 aliphatic rings. The highest BCUT2D eigenvalue weighted by molar-refractivity contribution is 7.89. The number of likely N-dealkylation sites (N-methyl/N-ethyl adjacent to an activating group) is 1. The van der Waals surface area contributed by atoms with Crippen LogP contribution in [0.5, 0.6) is 5.75 Å². The molecule has 136 valence electrons. The van der Waals surface area contributed by atoms with Gasteiger partial charge in [-0.2, -0.15) is 4.31 Å². The van der Waals surface area contributed by atoms with Crippen molar-refractivity contribution in [2.75, 3.05) is 47.5 Å². The van der Waals surface area contributed by atoms with Crippen LogP contribution >= 0.6 is 11.6 Å². The summed E-state index contributed by atoms with van der Waals surface area (Å²) < 4.78 is 38.8. The van der Waals surface area contributed by atoms with Crippen LogP contribution in [0.4, 0.5) is 0 Å². The van der Waals surface area contributed by atoms with Gasteiger partial charge in [-0.1, -0.05) is 11.6 Å². The molecule has 1 fully saturated rings. The molecule has 0 amide bonds. The van der Waals surface area contributed by atoms with Crippen LogP contribution in [0.2, 0.25) is 5.02 Å². The molecule has 1 saturated heterocycles. The minimum absolute atomic E-state index is 0.0765.